The third-order valence-electron chi connectivity index (χ3n) is 4.53. The lowest BCUT2D eigenvalue weighted by atomic mass is 9.73. The van der Waals surface area contributed by atoms with E-state index < -0.39 is 0 Å². The van der Waals surface area contributed by atoms with Crippen LogP contribution in [0.4, 0.5) is 0 Å². The van der Waals surface area contributed by atoms with Gasteiger partial charge in [0.05, 0.1) is 0 Å². The molecule has 0 aromatic heterocycles. The summed E-state index contributed by atoms with van der Waals surface area (Å²) in [6, 6.07) is 11.0. The fourth-order valence-electron chi connectivity index (χ4n) is 3.06. The van der Waals surface area contributed by atoms with Crippen LogP contribution in [0.2, 0.25) is 0 Å². The van der Waals surface area contributed by atoms with E-state index in [1.807, 2.05) is 0 Å². The van der Waals surface area contributed by atoms with Crippen molar-refractivity contribution in [1.29, 1.82) is 0 Å². The van der Waals surface area contributed by atoms with Crippen LogP contribution in [-0.4, -0.2) is 24.5 Å². The smallest absolute Gasteiger partial charge is 0.0244 e. The van der Waals surface area contributed by atoms with Gasteiger partial charge in [0, 0.05) is 5.54 Å². The largest absolute Gasteiger partial charge is 0.303 e. The van der Waals surface area contributed by atoms with E-state index in [1.165, 1.54) is 37.7 Å². The average Bonchev–Trinajstić information content (AvgIpc) is 2.33. The van der Waals surface area contributed by atoms with E-state index in [4.69, 9.17) is 0 Å². The lowest BCUT2D eigenvalue weighted by Crippen LogP contribution is -2.48. The Morgan fingerprint density at radius 2 is 1.71 bits per heavy atom. The van der Waals surface area contributed by atoms with Crippen LogP contribution in [0.25, 0.3) is 0 Å². The van der Waals surface area contributed by atoms with Gasteiger partial charge in [-0.05, 0) is 57.7 Å². The molecule has 0 bridgehead atoms. The van der Waals surface area contributed by atoms with Crippen LogP contribution in [0.5, 0.6) is 0 Å². The Hall–Kier alpha value is -0.820. The molecule has 0 saturated heterocycles. The molecule has 2 rings (SSSR count). The molecular formula is C16H25N. The predicted molar refractivity (Wildman–Crippen MR) is 74.2 cm³/mol. The molecule has 1 saturated carbocycles. The van der Waals surface area contributed by atoms with E-state index in [1.54, 1.807) is 0 Å². The van der Waals surface area contributed by atoms with Crippen LogP contribution < -0.4 is 0 Å². The van der Waals surface area contributed by atoms with Crippen molar-refractivity contribution >= 4 is 0 Å². The summed E-state index contributed by atoms with van der Waals surface area (Å²) in [7, 11) is 4.50. The first-order valence-corrected chi connectivity index (χ1v) is 6.84. The van der Waals surface area contributed by atoms with Crippen molar-refractivity contribution < 1.29 is 0 Å². The molecule has 0 unspecified atom stereocenters. The summed E-state index contributed by atoms with van der Waals surface area (Å²) < 4.78 is 0. The van der Waals surface area contributed by atoms with Gasteiger partial charge in [-0.2, -0.15) is 0 Å². The predicted octanol–water partition coefficient (Wildman–Crippen LogP) is 3.74. The summed E-state index contributed by atoms with van der Waals surface area (Å²) in [5.41, 5.74) is 1.88. The molecule has 1 nitrogen and oxygen atoms in total. The minimum atomic E-state index is 0.397. The summed E-state index contributed by atoms with van der Waals surface area (Å²) in [6.07, 6.45) is 6.65. The number of hydrogen-bond acceptors (Lipinski definition) is 1. The van der Waals surface area contributed by atoms with Gasteiger partial charge in [0.15, 0.2) is 0 Å². The summed E-state index contributed by atoms with van der Waals surface area (Å²) >= 11 is 0. The lowest BCUT2D eigenvalue weighted by Gasteiger charge is -2.45. The number of hydrogen-bond donors (Lipinski definition) is 0. The molecule has 1 aromatic rings. The van der Waals surface area contributed by atoms with Crippen molar-refractivity contribution in [2.75, 3.05) is 14.1 Å². The summed E-state index contributed by atoms with van der Waals surface area (Å²) in [5, 5.41) is 0. The Bertz CT molecular complexity index is 334. The standard InChI is InChI=1S/C16H25N/c1-14-9-11-16(12-10-14,17(2)3)13-15-7-5-4-6-8-15/h4-8,14H,9-13H2,1-3H3. The third kappa shape index (κ3) is 2.90. The van der Waals surface area contributed by atoms with Gasteiger partial charge >= 0.3 is 0 Å². The van der Waals surface area contributed by atoms with Gasteiger partial charge in [-0.25, -0.2) is 0 Å². The van der Waals surface area contributed by atoms with Crippen molar-refractivity contribution in [2.45, 2.75) is 44.6 Å². The van der Waals surface area contributed by atoms with Crippen molar-refractivity contribution in [3.63, 3.8) is 0 Å². The monoisotopic (exact) mass is 231 g/mol. The quantitative estimate of drug-likeness (QED) is 0.766. The fraction of sp³-hybridized carbons (Fsp3) is 0.625. The van der Waals surface area contributed by atoms with Gasteiger partial charge in [0.2, 0.25) is 0 Å². The highest BCUT2D eigenvalue weighted by Crippen LogP contribution is 2.37. The second-order valence-corrected chi connectivity index (χ2v) is 5.96. The van der Waals surface area contributed by atoms with Gasteiger partial charge in [-0.15, -0.1) is 0 Å². The highest BCUT2D eigenvalue weighted by atomic mass is 15.1. The van der Waals surface area contributed by atoms with E-state index >= 15 is 0 Å². The van der Waals surface area contributed by atoms with Gasteiger partial charge in [-0.1, -0.05) is 37.3 Å². The number of nitrogens with zero attached hydrogens (tertiary/aromatic N) is 1. The molecule has 0 aliphatic heterocycles. The molecule has 1 aliphatic rings. The normalized spacial score (nSPS) is 29.5. The number of likely N-dealkylation sites (N-methyl/N-ethyl adjacent to an activating group) is 1. The first-order valence-electron chi connectivity index (χ1n) is 6.84. The zero-order chi connectivity index (χ0) is 12.3. The van der Waals surface area contributed by atoms with Crippen LogP contribution in [0, 0.1) is 5.92 Å². The minimum absolute atomic E-state index is 0.397. The molecule has 0 N–H and O–H groups in total. The van der Waals surface area contributed by atoms with E-state index in [9.17, 15) is 0 Å². The van der Waals surface area contributed by atoms with Crippen molar-refractivity contribution in [3.05, 3.63) is 35.9 Å². The van der Waals surface area contributed by atoms with Crippen LogP contribution in [-0.2, 0) is 6.42 Å². The molecule has 0 atom stereocenters. The first kappa shape index (κ1) is 12.6. The molecule has 17 heavy (non-hydrogen) atoms. The Balaban J connectivity index is 2.13. The first-order chi connectivity index (χ1) is 8.12. The van der Waals surface area contributed by atoms with E-state index in [0.717, 1.165) is 5.92 Å². The van der Waals surface area contributed by atoms with E-state index in [0.29, 0.717) is 5.54 Å². The Labute approximate surface area is 106 Å². The highest BCUT2D eigenvalue weighted by molar-refractivity contribution is 5.18. The van der Waals surface area contributed by atoms with Crippen molar-refractivity contribution in [2.24, 2.45) is 5.92 Å². The Morgan fingerprint density at radius 1 is 1.12 bits per heavy atom. The molecule has 0 heterocycles. The molecule has 1 aromatic carbocycles. The zero-order valence-electron chi connectivity index (χ0n) is 11.4. The van der Waals surface area contributed by atoms with Gasteiger partial charge in [0.1, 0.15) is 0 Å². The molecule has 1 heteroatoms. The van der Waals surface area contributed by atoms with Crippen LogP contribution in [0.3, 0.4) is 0 Å². The number of rotatable bonds is 3. The summed E-state index contributed by atoms with van der Waals surface area (Å²) in [6.45, 7) is 2.39. The zero-order valence-corrected chi connectivity index (χ0v) is 11.4. The van der Waals surface area contributed by atoms with Crippen LogP contribution >= 0.6 is 0 Å². The molecule has 0 amide bonds. The summed E-state index contributed by atoms with van der Waals surface area (Å²) in [5.74, 6) is 0.916. The van der Waals surface area contributed by atoms with Gasteiger partial charge in [-0.3, -0.25) is 0 Å². The van der Waals surface area contributed by atoms with Crippen molar-refractivity contribution in [3.8, 4) is 0 Å². The van der Waals surface area contributed by atoms with Gasteiger partial charge in [0.25, 0.3) is 0 Å². The minimum Gasteiger partial charge on any atom is -0.303 e. The Kier molecular flexibility index (Phi) is 3.88. The number of benzene rings is 1. The van der Waals surface area contributed by atoms with E-state index in [-0.39, 0.29) is 0 Å². The van der Waals surface area contributed by atoms with Gasteiger partial charge < -0.3 is 4.90 Å². The topological polar surface area (TPSA) is 3.24 Å². The maximum atomic E-state index is 2.46. The third-order valence-corrected chi connectivity index (χ3v) is 4.53. The molecule has 1 aliphatic carbocycles. The molecule has 94 valence electrons. The molecule has 1 fully saturated rings. The van der Waals surface area contributed by atoms with Crippen molar-refractivity contribution in [1.82, 2.24) is 4.90 Å². The molecule has 0 radical (unpaired) electrons. The Morgan fingerprint density at radius 3 is 2.24 bits per heavy atom. The maximum absolute atomic E-state index is 2.46. The fourth-order valence-corrected chi connectivity index (χ4v) is 3.06. The lowest BCUT2D eigenvalue weighted by molar-refractivity contribution is 0.0830. The maximum Gasteiger partial charge on any atom is 0.0244 e. The molecular weight excluding hydrogens is 206 g/mol. The SMILES string of the molecule is CC1CCC(Cc2ccccc2)(N(C)C)CC1. The van der Waals surface area contributed by atoms with E-state index in [2.05, 4.69) is 56.3 Å². The summed E-state index contributed by atoms with van der Waals surface area (Å²) in [4.78, 5) is 2.46. The van der Waals surface area contributed by atoms with Crippen LogP contribution in [0.1, 0.15) is 38.2 Å². The molecule has 0 spiro atoms. The van der Waals surface area contributed by atoms with Crippen LogP contribution in [0.15, 0.2) is 30.3 Å². The average molecular weight is 231 g/mol. The highest BCUT2D eigenvalue weighted by Gasteiger charge is 2.35. The second kappa shape index (κ2) is 5.22. The second-order valence-electron chi connectivity index (χ2n) is 5.96.